The highest BCUT2D eigenvalue weighted by molar-refractivity contribution is 5.84. The van der Waals surface area contributed by atoms with Crippen LogP contribution in [0, 0.1) is 0 Å². The van der Waals surface area contributed by atoms with Crippen molar-refractivity contribution in [3.63, 3.8) is 0 Å². The van der Waals surface area contributed by atoms with Crippen molar-refractivity contribution in [1.29, 1.82) is 0 Å². The number of amides is 1. The van der Waals surface area contributed by atoms with E-state index < -0.39 is 5.60 Å². The van der Waals surface area contributed by atoms with Crippen LogP contribution in [0.15, 0.2) is 17.1 Å². The van der Waals surface area contributed by atoms with Gasteiger partial charge in [0.2, 0.25) is 0 Å². The van der Waals surface area contributed by atoms with Crippen molar-refractivity contribution in [2.75, 3.05) is 38.3 Å². The van der Waals surface area contributed by atoms with E-state index in [2.05, 4.69) is 15.3 Å². The molecule has 0 bridgehead atoms. The molecule has 1 aliphatic rings. The second-order valence-corrected chi connectivity index (χ2v) is 6.37. The molecule has 0 unspecified atom stereocenters. The third-order valence-electron chi connectivity index (χ3n) is 4.27. The zero-order valence-corrected chi connectivity index (χ0v) is 14.7. The fraction of sp³-hybridized carbons (Fsp3) is 0.688. The first-order valence-corrected chi connectivity index (χ1v) is 8.07. The van der Waals surface area contributed by atoms with Crippen molar-refractivity contribution in [1.82, 2.24) is 15.1 Å². The van der Waals surface area contributed by atoms with Crippen molar-refractivity contribution in [3.8, 4) is 0 Å². The summed E-state index contributed by atoms with van der Waals surface area (Å²) < 4.78 is 12.2. The van der Waals surface area contributed by atoms with Gasteiger partial charge >= 0.3 is 0 Å². The van der Waals surface area contributed by atoms with Gasteiger partial charge in [0.15, 0.2) is 0 Å². The van der Waals surface area contributed by atoms with Crippen molar-refractivity contribution >= 4 is 11.6 Å². The molecule has 0 radical (unpaired) electrons. The van der Waals surface area contributed by atoms with E-state index in [1.165, 1.54) is 11.8 Å². The highest BCUT2D eigenvalue weighted by atomic mass is 16.5. The van der Waals surface area contributed by atoms with Crippen LogP contribution in [0.2, 0.25) is 0 Å². The summed E-state index contributed by atoms with van der Waals surface area (Å²) in [5, 5.41) is 6.92. The van der Waals surface area contributed by atoms with Gasteiger partial charge in [-0.25, -0.2) is 4.68 Å². The number of carbonyl (C=O) groups is 1. The zero-order valence-electron chi connectivity index (χ0n) is 14.7. The molecule has 8 nitrogen and oxygen atoms in total. The van der Waals surface area contributed by atoms with Crippen molar-refractivity contribution in [2.45, 2.75) is 32.0 Å². The molecule has 1 amide bonds. The Labute approximate surface area is 141 Å². The number of ether oxygens (including phenoxy) is 2. The lowest BCUT2D eigenvalue weighted by Gasteiger charge is -2.34. The highest BCUT2D eigenvalue weighted by Crippen LogP contribution is 2.16. The van der Waals surface area contributed by atoms with Gasteiger partial charge in [-0.3, -0.25) is 9.59 Å². The predicted octanol–water partition coefficient (Wildman–Crippen LogP) is -0.0832. The van der Waals surface area contributed by atoms with Gasteiger partial charge in [-0.2, -0.15) is 5.10 Å². The van der Waals surface area contributed by atoms with Crippen molar-refractivity contribution in [2.24, 2.45) is 7.05 Å². The molecule has 1 aromatic heterocycles. The fourth-order valence-electron chi connectivity index (χ4n) is 2.41. The Kier molecular flexibility index (Phi) is 5.95. The molecular formula is C16H26N4O4. The molecule has 1 fully saturated rings. The topological polar surface area (TPSA) is 85.7 Å². The summed E-state index contributed by atoms with van der Waals surface area (Å²) >= 11 is 0. The molecule has 1 aliphatic heterocycles. The quantitative estimate of drug-likeness (QED) is 0.781. The third kappa shape index (κ3) is 4.55. The number of morpholine rings is 1. The lowest BCUT2D eigenvalue weighted by atomic mass is 10.1. The van der Waals surface area contributed by atoms with Crippen LogP contribution in [-0.2, 0) is 21.3 Å². The van der Waals surface area contributed by atoms with Gasteiger partial charge in [-0.15, -0.1) is 0 Å². The summed E-state index contributed by atoms with van der Waals surface area (Å²) in [6.07, 6.45) is 2.38. The molecule has 1 atom stereocenters. The Hall–Kier alpha value is -1.93. The molecule has 0 spiro atoms. The van der Waals surface area contributed by atoms with E-state index in [0.29, 0.717) is 32.7 Å². The molecule has 1 saturated heterocycles. The van der Waals surface area contributed by atoms with Gasteiger partial charge in [-0.1, -0.05) is 0 Å². The molecule has 24 heavy (non-hydrogen) atoms. The average molecular weight is 338 g/mol. The fourth-order valence-corrected chi connectivity index (χ4v) is 2.41. The van der Waals surface area contributed by atoms with Crippen LogP contribution in [0.3, 0.4) is 0 Å². The van der Waals surface area contributed by atoms with Crippen LogP contribution < -0.4 is 15.8 Å². The zero-order chi connectivity index (χ0) is 17.7. The maximum atomic E-state index is 12.0. The smallest absolute Gasteiger partial charge is 0.268 e. The molecular weight excluding hydrogens is 312 g/mol. The lowest BCUT2D eigenvalue weighted by molar-refractivity contribution is -0.139. The van der Waals surface area contributed by atoms with Crippen LogP contribution in [0.4, 0.5) is 5.69 Å². The lowest BCUT2D eigenvalue weighted by Crippen LogP contribution is -2.47. The molecule has 1 N–H and O–H groups in total. The Balaban J connectivity index is 1.86. The molecule has 0 aliphatic carbocycles. The molecule has 2 rings (SSSR count). The van der Waals surface area contributed by atoms with Crippen LogP contribution in [0.1, 0.15) is 20.3 Å². The molecule has 134 valence electrons. The highest BCUT2D eigenvalue weighted by Gasteiger charge is 2.27. The number of hydrogen-bond acceptors (Lipinski definition) is 6. The minimum absolute atomic E-state index is 0.00577. The van der Waals surface area contributed by atoms with Crippen LogP contribution in [-0.4, -0.2) is 60.7 Å². The second kappa shape index (κ2) is 7.76. The molecule has 1 aromatic rings. The molecule has 8 heteroatoms. The minimum atomic E-state index is -0.838. The largest absolute Gasteiger partial charge is 0.374 e. The van der Waals surface area contributed by atoms with Gasteiger partial charge < -0.3 is 19.7 Å². The number of aryl methyl sites for hydroxylation is 1. The molecule has 0 aromatic carbocycles. The van der Waals surface area contributed by atoms with Gasteiger partial charge in [0.25, 0.3) is 11.5 Å². The number of nitrogens with zero attached hydrogens (tertiary/aromatic N) is 3. The number of carbonyl (C=O) groups excluding carboxylic acids is 1. The van der Waals surface area contributed by atoms with Crippen molar-refractivity contribution in [3.05, 3.63) is 22.6 Å². The maximum Gasteiger partial charge on any atom is 0.268 e. The van der Waals surface area contributed by atoms with E-state index >= 15 is 0 Å². The summed E-state index contributed by atoms with van der Waals surface area (Å²) in [5.41, 5.74) is -0.171. The normalized spacial score (nSPS) is 18.5. The predicted molar refractivity (Wildman–Crippen MR) is 90.1 cm³/mol. The number of aromatic nitrogens is 2. The van der Waals surface area contributed by atoms with Gasteiger partial charge in [0.05, 0.1) is 24.6 Å². The van der Waals surface area contributed by atoms with E-state index in [1.54, 1.807) is 33.2 Å². The summed E-state index contributed by atoms with van der Waals surface area (Å²) in [6.45, 7) is 5.93. The molecule has 0 saturated carbocycles. The average Bonchev–Trinajstić information content (AvgIpc) is 2.57. The van der Waals surface area contributed by atoms with Gasteiger partial charge in [0, 0.05) is 39.9 Å². The van der Waals surface area contributed by atoms with E-state index in [4.69, 9.17) is 9.47 Å². The monoisotopic (exact) mass is 338 g/mol. The van der Waals surface area contributed by atoms with E-state index in [1.807, 2.05) is 0 Å². The summed E-state index contributed by atoms with van der Waals surface area (Å²) in [4.78, 5) is 25.8. The van der Waals surface area contributed by atoms with Crippen LogP contribution in [0.5, 0.6) is 0 Å². The minimum Gasteiger partial charge on any atom is -0.374 e. The third-order valence-corrected chi connectivity index (χ3v) is 4.27. The maximum absolute atomic E-state index is 12.0. The van der Waals surface area contributed by atoms with Crippen LogP contribution in [0.25, 0.3) is 0 Å². The Bertz CT molecular complexity index is 629. The standard InChI is InChI=1S/C16H26N4O4/c1-16(2,23-4)15(22)17-6-5-13-11-20(7-8-24-13)12-9-14(21)19(3)18-10-12/h9-10,13H,5-8,11H2,1-4H3,(H,17,22)/t13-/m0/s1. The number of methoxy groups -OCH3 is 1. The number of rotatable bonds is 6. The summed E-state index contributed by atoms with van der Waals surface area (Å²) in [5.74, 6) is -0.145. The second-order valence-electron chi connectivity index (χ2n) is 6.37. The van der Waals surface area contributed by atoms with Crippen LogP contribution >= 0.6 is 0 Å². The van der Waals surface area contributed by atoms with E-state index in [-0.39, 0.29) is 17.6 Å². The van der Waals surface area contributed by atoms with Crippen molar-refractivity contribution < 1.29 is 14.3 Å². The van der Waals surface area contributed by atoms with E-state index in [9.17, 15) is 9.59 Å². The first kappa shape index (κ1) is 18.4. The van der Waals surface area contributed by atoms with Gasteiger partial charge in [0.1, 0.15) is 5.60 Å². The summed E-state index contributed by atoms with van der Waals surface area (Å²) in [6, 6.07) is 1.58. The Morgan fingerprint density at radius 3 is 2.96 bits per heavy atom. The number of hydrogen-bond donors (Lipinski definition) is 1. The first-order valence-electron chi connectivity index (χ1n) is 8.07. The first-order chi connectivity index (χ1) is 11.3. The van der Waals surface area contributed by atoms with Gasteiger partial charge in [-0.05, 0) is 20.3 Å². The SMILES string of the molecule is COC(C)(C)C(=O)NCC[C@H]1CN(c2cnn(C)c(=O)c2)CCO1. The summed E-state index contributed by atoms with van der Waals surface area (Å²) in [7, 11) is 3.14. The number of anilines is 1. The van der Waals surface area contributed by atoms with E-state index in [0.717, 1.165) is 5.69 Å². The Morgan fingerprint density at radius 1 is 1.54 bits per heavy atom. The number of nitrogens with one attached hydrogen (secondary N) is 1. The molecule has 2 heterocycles. The Morgan fingerprint density at radius 2 is 2.29 bits per heavy atom.